The zero-order chi connectivity index (χ0) is 16.7. The number of carboxylic acids is 1. The van der Waals surface area contributed by atoms with E-state index in [-0.39, 0.29) is 0 Å². The zero-order valence-corrected chi connectivity index (χ0v) is 13.5. The SMILES string of the molecule is CCc1cc2ccccc2c(C2=Cc3ccccc3C2)c1C(=O)O. The molecule has 0 heterocycles. The molecule has 0 spiro atoms. The van der Waals surface area contributed by atoms with Crippen LogP contribution >= 0.6 is 0 Å². The van der Waals surface area contributed by atoms with Crippen LogP contribution in [0.25, 0.3) is 22.4 Å². The monoisotopic (exact) mass is 314 g/mol. The summed E-state index contributed by atoms with van der Waals surface area (Å²) in [5, 5.41) is 12.0. The zero-order valence-electron chi connectivity index (χ0n) is 13.5. The summed E-state index contributed by atoms with van der Waals surface area (Å²) in [4.78, 5) is 12.0. The minimum atomic E-state index is -0.843. The molecule has 4 rings (SSSR count). The highest BCUT2D eigenvalue weighted by Gasteiger charge is 2.23. The molecule has 2 nitrogen and oxygen atoms in total. The van der Waals surface area contributed by atoms with E-state index in [1.807, 2.05) is 43.3 Å². The van der Waals surface area contributed by atoms with Crippen LogP contribution in [0.1, 0.15) is 39.5 Å². The topological polar surface area (TPSA) is 37.3 Å². The number of hydrogen-bond acceptors (Lipinski definition) is 1. The first kappa shape index (κ1) is 14.7. The summed E-state index contributed by atoms with van der Waals surface area (Å²) in [5.74, 6) is -0.843. The Morgan fingerprint density at radius 2 is 1.83 bits per heavy atom. The fraction of sp³-hybridized carbons (Fsp3) is 0.136. The van der Waals surface area contributed by atoms with Crippen molar-refractivity contribution in [2.24, 2.45) is 0 Å². The van der Waals surface area contributed by atoms with Crippen molar-refractivity contribution in [2.45, 2.75) is 19.8 Å². The van der Waals surface area contributed by atoms with Crippen LogP contribution in [-0.2, 0) is 12.8 Å². The van der Waals surface area contributed by atoms with Crippen molar-refractivity contribution >= 4 is 28.4 Å². The van der Waals surface area contributed by atoms with Crippen LogP contribution in [-0.4, -0.2) is 11.1 Å². The van der Waals surface area contributed by atoms with Gasteiger partial charge in [0.15, 0.2) is 0 Å². The Hall–Kier alpha value is -2.87. The van der Waals surface area contributed by atoms with E-state index in [0.29, 0.717) is 12.0 Å². The van der Waals surface area contributed by atoms with Gasteiger partial charge in [0.2, 0.25) is 0 Å². The van der Waals surface area contributed by atoms with Crippen LogP contribution in [0.5, 0.6) is 0 Å². The summed E-state index contributed by atoms with van der Waals surface area (Å²) >= 11 is 0. The van der Waals surface area contributed by atoms with E-state index in [1.54, 1.807) is 0 Å². The molecule has 0 atom stereocenters. The van der Waals surface area contributed by atoms with Crippen molar-refractivity contribution in [3.8, 4) is 0 Å². The molecule has 0 aromatic heterocycles. The summed E-state index contributed by atoms with van der Waals surface area (Å²) < 4.78 is 0. The second-order valence-corrected chi connectivity index (χ2v) is 6.21. The average molecular weight is 314 g/mol. The Labute approximate surface area is 141 Å². The second kappa shape index (κ2) is 5.64. The van der Waals surface area contributed by atoms with Crippen molar-refractivity contribution in [3.05, 3.63) is 82.4 Å². The smallest absolute Gasteiger partial charge is 0.336 e. The molecule has 3 aromatic rings. The molecule has 0 fully saturated rings. The summed E-state index contributed by atoms with van der Waals surface area (Å²) in [6.45, 7) is 2.01. The highest BCUT2D eigenvalue weighted by atomic mass is 16.4. The van der Waals surface area contributed by atoms with Gasteiger partial charge in [-0.1, -0.05) is 67.6 Å². The van der Waals surface area contributed by atoms with E-state index in [0.717, 1.165) is 33.9 Å². The van der Waals surface area contributed by atoms with Crippen LogP contribution in [0.3, 0.4) is 0 Å². The number of aryl methyl sites for hydroxylation is 1. The molecule has 3 aromatic carbocycles. The Morgan fingerprint density at radius 3 is 2.58 bits per heavy atom. The number of fused-ring (bicyclic) bond motifs is 2. The molecule has 1 aliphatic rings. The second-order valence-electron chi connectivity index (χ2n) is 6.21. The fourth-order valence-electron chi connectivity index (χ4n) is 3.70. The molecule has 1 aliphatic carbocycles. The lowest BCUT2D eigenvalue weighted by Crippen LogP contribution is -2.08. The summed E-state index contributed by atoms with van der Waals surface area (Å²) in [6, 6.07) is 18.4. The van der Waals surface area contributed by atoms with Crippen molar-refractivity contribution in [1.29, 1.82) is 0 Å². The first-order valence-electron chi connectivity index (χ1n) is 8.25. The van der Waals surface area contributed by atoms with E-state index in [2.05, 4.69) is 24.3 Å². The van der Waals surface area contributed by atoms with Crippen LogP contribution in [0, 0.1) is 0 Å². The molecule has 0 bridgehead atoms. The lowest BCUT2D eigenvalue weighted by molar-refractivity contribution is 0.0695. The van der Waals surface area contributed by atoms with E-state index in [9.17, 15) is 9.90 Å². The minimum absolute atomic E-state index is 0.454. The van der Waals surface area contributed by atoms with Crippen molar-refractivity contribution in [3.63, 3.8) is 0 Å². The molecule has 0 saturated heterocycles. The first-order valence-corrected chi connectivity index (χ1v) is 8.25. The lowest BCUT2D eigenvalue weighted by atomic mass is 9.88. The molecular weight excluding hydrogens is 296 g/mol. The number of hydrogen-bond donors (Lipinski definition) is 1. The number of carboxylic acid groups (broad SMARTS) is 1. The highest BCUT2D eigenvalue weighted by molar-refractivity contribution is 6.09. The quantitative estimate of drug-likeness (QED) is 0.721. The molecule has 1 N–H and O–H groups in total. The number of carbonyl (C=O) groups is 1. The Kier molecular flexibility index (Phi) is 3.46. The van der Waals surface area contributed by atoms with Crippen molar-refractivity contribution < 1.29 is 9.90 Å². The Morgan fingerprint density at radius 1 is 1.08 bits per heavy atom. The predicted molar refractivity (Wildman–Crippen MR) is 98.3 cm³/mol. The molecule has 0 amide bonds. The summed E-state index contributed by atoms with van der Waals surface area (Å²) in [5.41, 5.74) is 5.78. The Balaban J connectivity index is 2.04. The average Bonchev–Trinajstić information content (AvgIpc) is 3.03. The van der Waals surface area contributed by atoms with E-state index in [4.69, 9.17) is 0 Å². The maximum absolute atomic E-state index is 12.0. The van der Waals surface area contributed by atoms with Crippen LogP contribution in [0.15, 0.2) is 54.6 Å². The maximum Gasteiger partial charge on any atom is 0.336 e. The largest absolute Gasteiger partial charge is 0.478 e. The van der Waals surface area contributed by atoms with Gasteiger partial charge in [0.1, 0.15) is 0 Å². The molecule has 0 saturated carbocycles. The van der Waals surface area contributed by atoms with Gasteiger partial charge in [0, 0.05) is 5.56 Å². The van der Waals surface area contributed by atoms with Gasteiger partial charge in [0.25, 0.3) is 0 Å². The van der Waals surface area contributed by atoms with Gasteiger partial charge >= 0.3 is 5.97 Å². The first-order chi connectivity index (χ1) is 11.7. The van der Waals surface area contributed by atoms with E-state index in [1.165, 1.54) is 11.1 Å². The van der Waals surface area contributed by atoms with Crippen molar-refractivity contribution in [1.82, 2.24) is 0 Å². The minimum Gasteiger partial charge on any atom is -0.478 e. The lowest BCUT2D eigenvalue weighted by Gasteiger charge is -2.16. The van der Waals surface area contributed by atoms with Gasteiger partial charge in [-0.3, -0.25) is 0 Å². The van der Waals surface area contributed by atoms with E-state index >= 15 is 0 Å². The van der Waals surface area contributed by atoms with Gasteiger partial charge in [0.05, 0.1) is 5.56 Å². The summed E-state index contributed by atoms with van der Waals surface area (Å²) in [7, 11) is 0. The summed E-state index contributed by atoms with van der Waals surface area (Å²) in [6.07, 6.45) is 3.64. The molecule has 0 unspecified atom stereocenters. The standard InChI is InChI=1S/C22H18O2/c1-2-14-11-17-9-5-6-10-19(17)20(21(14)22(23)24)18-12-15-7-3-4-8-16(15)13-18/h3-12H,2,13H2,1H3,(H,23,24). The fourth-order valence-corrected chi connectivity index (χ4v) is 3.70. The van der Waals surface area contributed by atoms with Gasteiger partial charge in [-0.2, -0.15) is 0 Å². The molecule has 118 valence electrons. The number of rotatable bonds is 3. The number of benzene rings is 3. The van der Waals surface area contributed by atoms with Gasteiger partial charge in [-0.05, 0) is 45.9 Å². The van der Waals surface area contributed by atoms with Crippen LogP contribution in [0.4, 0.5) is 0 Å². The number of allylic oxidation sites excluding steroid dienone is 1. The van der Waals surface area contributed by atoms with Crippen LogP contribution in [0.2, 0.25) is 0 Å². The third-order valence-electron chi connectivity index (χ3n) is 4.81. The predicted octanol–water partition coefficient (Wildman–Crippen LogP) is 5.20. The maximum atomic E-state index is 12.0. The van der Waals surface area contributed by atoms with Gasteiger partial charge < -0.3 is 5.11 Å². The highest BCUT2D eigenvalue weighted by Crippen LogP contribution is 2.38. The number of aromatic carboxylic acids is 1. The third-order valence-corrected chi connectivity index (χ3v) is 4.81. The van der Waals surface area contributed by atoms with Gasteiger partial charge in [-0.15, -0.1) is 0 Å². The van der Waals surface area contributed by atoms with Gasteiger partial charge in [-0.25, -0.2) is 4.79 Å². The molecule has 0 aliphatic heterocycles. The molecule has 2 heteroatoms. The molecule has 24 heavy (non-hydrogen) atoms. The third kappa shape index (κ3) is 2.23. The Bertz CT molecular complexity index is 996. The van der Waals surface area contributed by atoms with Crippen molar-refractivity contribution in [2.75, 3.05) is 0 Å². The molecular formula is C22H18O2. The molecule has 0 radical (unpaired) electrons. The normalized spacial score (nSPS) is 13.0. The van der Waals surface area contributed by atoms with Crippen LogP contribution < -0.4 is 0 Å². The van der Waals surface area contributed by atoms with E-state index < -0.39 is 5.97 Å².